The van der Waals surface area contributed by atoms with Crippen molar-refractivity contribution in [1.29, 1.82) is 0 Å². The maximum absolute atomic E-state index is 5.18. The van der Waals surface area contributed by atoms with Crippen LogP contribution in [-0.2, 0) is 0 Å². The summed E-state index contributed by atoms with van der Waals surface area (Å²) >= 11 is 0. The van der Waals surface area contributed by atoms with E-state index in [9.17, 15) is 0 Å². The molecule has 0 bridgehead atoms. The van der Waals surface area contributed by atoms with E-state index in [1.165, 1.54) is 11.1 Å². The van der Waals surface area contributed by atoms with Gasteiger partial charge in [0.1, 0.15) is 11.6 Å². The molecule has 1 fully saturated rings. The van der Waals surface area contributed by atoms with E-state index in [4.69, 9.17) is 19.9 Å². The zero-order valence-electron chi connectivity index (χ0n) is 27.3. The van der Waals surface area contributed by atoms with Gasteiger partial charge in [-0.2, -0.15) is 9.97 Å². The molecule has 1 aliphatic carbocycles. The predicted molar refractivity (Wildman–Crippen MR) is 183 cm³/mol. The molecule has 0 unspecified atom stereocenters. The minimum atomic E-state index is 0.103. The second-order valence-electron chi connectivity index (χ2n) is 13.1. The van der Waals surface area contributed by atoms with Crippen molar-refractivity contribution in [2.45, 2.75) is 103 Å². The molecule has 4 aromatic rings. The molecule has 0 amide bonds. The highest BCUT2D eigenvalue weighted by molar-refractivity contribution is 5.53. The smallest absolute Gasteiger partial charge is 0.225 e. The van der Waals surface area contributed by atoms with Crippen LogP contribution in [0.3, 0.4) is 0 Å². The van der Waals surface area contributed by atoms with Crippen molar-refractivity contribution in [2.75, 3.05) is 21.3 Å². The lowest BCUT2D eigenvalue weighted by atomic mass is 9.50. The van der Waals surface area contributed by atoms with Gasteiger partial charge in [-0.25, -0.2) is 9.97 Å². The SMILES string of the molecule is CC(C)Nc1cc(C2C(c3ccccc3)C(c3cc(NC(C)C)nc(NC(C)C)n3)C2c2ccccc2)nc(NC(C)C)n1. The molecule has 8 heteroatoms. The first-order valence-corrected chi connectivity index (χ1v) is 16.0. The minimum Gasteiger partial charge on any atom is -0.368 e. The normalized spacial score (nSPS) is 19.7. The van der Waals surface area contributed by atoms with Gasteiger partial charge in [-0.1, -0.05) is 60.7 Å². The molecule has 0 saturated heterocycles. The Morgan fingerprint density at radius 1 is 0.432 bits per heavy atom. The molecule has 5 rings (SSSR count). The summed E-state index contributed by atoms with van der Waals surface area (Å²) in [7, 11) is 0. The van der Waals surface area contributed by atoms with Gasteiger partial charge in [0, 0.05) is 60.0 Å². The fourth-order valence-electron chi connectivity index (χ4n) is 6.32. The highest BCUT2D eigenvalue weighted by Gasteiger charge is 2.54. The Kier molecular flexibility index (Phi) is 9.67. The summed E-state index contributed by atoms with van der Waals surface area (Å²) in [6.45, 7) is 17.0. The third kappa shape index (κ3) is 7.29. The molecule has 2 aromatic carbocycles. The quantitative estimate of drug-likeness (QED) is 0.131. The molecule has 0 aliphatic heterocycles. The highest BCUT2D eigenvalue weighted by Crippen LogP contribution is 2.66. The largest absolute Gasteiger partial charge is 0.368 e. The van der Waals surface area contributed by atoms with E-state index in [0.717, 1.165) is 23.0 Å². The summed E-state index contributed by atoms with van der Waals surface area (Å²) in [6.07, 6.45) is 0. The molecule has 0 atom stereocenters. The monoisotopic (exact) mass is 592 g/mol. The van der Waals surface area contributed by atoms with Gasteiger partial charge in [0.2, 0.25) is 11.9 Å². The third-order valence-electron chi connectivity index (χ3n) is 7.80. The highest BCUT2D eigenvalue weighted by atomic mass is 15.2. The summed E-state index contributed by atoms with van der Waals surface area (Å²) in [6, 6.07) is 26.9. The topological polar surface area (TPSA) is 99.7 Å². The Hall–Kier alpha value is -4.20. The molecule has 232 valence electrons. The number of aromatic nitrogens is 4. The van der Waals surface area contributed by atoms with E-state index in [0.29, 0.717) is 11.9 Å². The summed E-state index contributed by atoms with van der Waals surface area (Å²) in [4.78, 5) is 20.0. The van der Waals surface area contributed by atoms with Gasteiger partial charge in [0.05, 0.1) is 11.4 Å². The van der Waals surface area contributed by atoms with Gasteiger partial charge in [-0.3, -0.25) is 0 Å². The van der Waals surface area contributed by atoms with Crippen molar-refractivity contribution < 1.29 is 0 Å². The fourth-order valence-corrected chi connectivity index (χ4v) is 6.32. The van der Waals surface area contributed by atoms with E-state index >= 15 is 0 Å². The minimum absolute atomic E-state index is 0.103. The maximum Gasteiger partial charge on any atom is 0.225 e. The Morgan fingerprint density at radius 3 is 1.09 bits per heavy atom. The molecule has 44 heavy (non-hydrogen) atoms. The number of anilines is 4. The fraction of sp³-hybridized carbons (Fsp3) is 0.444. The lowest BCUT2D eigenvalue weighted by Crippen LogP contribution is -2.41. The van der Waals surface area contributed by atoms with Crippen molar-refractivity contribution in [3.63, 3.8) is 0 Å². The van der Waals surface area contributed by atoms with Gasteiger partial charge in [-0.05, 0) is 66.5 Å². The summed E-state index contributed by atoms with van der Waals surface area (Å²) in [5.74, 6) is 3.46. The second-order valence-corrected chi connectivity index (χ2v) is 13.1. The molecule has 0 radical (unpaired) electrons. The zero-order chi connectivity index (χ0) is 31.4. The first kappa shape index (κ1) is 31.2. The lowest BCUT2D eigenvalue weighted by Gasteiger charge is -2.52. The maximum atomic E-state index is 5.18. The number of rotatable bonds is 12. The van der Waals surface area contributed by atoms with Crippen LogP contribution in [0.15, 0.2) is 72.8 Å². The van der Waals surface area contributed by atoms with E-state index in [-0.39, 0.29) is 47.8 Å². The lowest BCUT2D eigenvalue weighted by molar-refractivity contribution is 0.220. The van der Waals surface area contributed by atoms with Crippen LogP contribution in [-0.4, -0.2) is 44.1 Å². The molecule has 0 spiro atoms. The number of nitrogens with one attached hydrogen (secondary N) is 4. The van der Waals surface area contributed by atoms with E-state index < -0.39 is 0 Å². The zero-order valence-corrected chi connectivity index (χ0v) is 27.3. The van der Waals surface area contributed by atoms with Crippen LogP contribution in [0.5, 0.6) is 0 Å². The molecule has 8 nitrogen and oxygen atoms in total. The Labute approximate surface area is 263 Å². The van der Waals surface area contributed by atoms with Gasteiger partial charge in [-0.15, -0.1) is 0 Å². The van der Waals surface area contributed by atoms with Crippen molar-refractivity contribution in [3.8, 4) is 0 Å². The van der Waals surface area contributed by atoms with E-state index in [1.54, 1.807) is 0 Å². The Bertz CT molecular complexity index is 1320. The van der Waals surface area contributed by atoms with Crippen LogP contribution < -0.4 is 21.3 Å². The standard InChI is InChI=1S/C36H48N8/c1-21(2)37-29-19-27(41-35(43-29)39-23(5)6)33-31(25-15-11-9-12-16-25)34(32(33)26-17-13-10-14-18-26)28-20-30(38-22(3)4)44-36(42-28)40-24(7)8/h9-24,31-34H,1-8H3,(H2,37,39,41,43)(H2,38,40,42,44). The molecular weight excluding hydrogens is 544 g/mol. The number of benzene rings is 2. The average Bonchev–Trinajstić information content (AvgIpc) is 2.92. The first-order valence-electron chi connectivity index (χ1n) is 16.0. The van der Waals surface area contributed by atoms with Crippen LogP contribution in [0.4, 0.5) is 23.5 Å². The van der Waals surface area contributed by atoms with Gasteiger partial charge in [0.25, 0.3) is 0 Å². The summed E-state index contributed by atoms with van der Waals surface area (Å²) in [5.41, 5.74) is 4.61. The first-order chi connectivity index (χ1) is 21.1. The van der Waals surface area contributed by atoms with E-state index in [1.807, 2.05) is 0 Å². The van der Waals surface area contributed by atoms with Crippen LogP contribution in [0, 0.1) is 0 Å². The van der Waals surface area contributed by atoms with Crippen LogP contribution in [0.25, 0.3) is 0 Å². The van der Waals surface area contributed by atoms with Crippen LogP contribution in [0.1, 0.15) is 102 Å². The average molecular weight is 593 g/mol. The van der Waals surface area contributed by atoms with E-state index in [2.05, 4.69) is 149 Å². The second kappa shape index (κ2) is 13.6. The molecule has 4 N–H and O–H groups in total. The van der Waals surface area contributed by atoms with Crippen molar-refractivity contribution in [2.24, 2.45) is 0 Å². The van der Waals surface area contributed by atoms with Crippen LogP contribution in [0.2, 0.25) is 0 Å². The Morgan fingerprint density at radius 2 is 0.773 bits per heavy atom. The molecule has 1 aliphatic rings. The molecule has 2 heterocycles. The van der Waals surface area contributed by atoms with Gasteiger partial charge >= 0.3 is 0 Å². The third-order valence-corrected chi connectivity index (χ3v) is 7.80. The molecule has 2 aromatic heterocycles. The van der Waals surface area contributed by atoms with Gasteiger partial charge in [0.15, 0.2) is 0 Å². The van der Waals surface area contributed by atoms with Gasteiger partial charge < -0.3 is 21.3 Å². The molecular formula is C36H48N8. The van der Waals surface area contributed by atoms with Crippen molar-refractivity contribution in [3.05, 3.63) is 95.3 Å². The summed E-state index contributed by atoms with van der Waals surface area (Å²) < 4.78 is 0. The number of hydrogen-bond donors (Lipinski definition) is 4. The van der Waals surface area contributed by atoms with Crippen molar-refractivity contribution in [1.82, 2.24) is 19.9 Å². The number of hydrogen-bond acceptors (Lipinski definition) is 8. The van der Waals surface area contributed by atoms with Crippen LogP contribution >= 0.6 is 0 Å². The predicted octanol–water partition coefficient (Wildman–Crippen LogP) is 8.00. The van der Waals surface area contributed by atoms with Crippen molar-refractivity contribution >= 4 is 23.5 Å². The molecule has 1 saturated carbocycles. The number of nitrogens with zero attached hydrogens (tertiary/aromatic N) is 4. The summed E-state index contributed by atoms with van der Waals surface area (Å²) in [5, 5.41) is 14.0. The Balaban J connectivity index is 1.71.